The number of amides is 3. The highest BCUT2D eigenvalue weighted by Gasteiger charge is 2.78. The number of hydrogen-bond donors (Lipinski definition) is 3. The second-order valence-electron chi connectivity index (χ2n) is 8.93. The molecule has 3 heterocycles. The Hall–Kier alpha value is -1.67. The summed E-state index contributed by atoms with van der Waals surface area (Å²) in [5.74, 6) is -1.74. The van der Waals surface area contributed by atoms with Crippen LogP contribution in [-0.4, -0.2) is 71.2 Å². The Morgan fingerprint density at radius 3 is 2.55 bits per heavy atom. The van der Waals surface area contributed by atoms with Crippen LogP contribution in [-0.2, 0) is 19.1 Å². The van der Waals surface area contributed by atoms with Crippen molar-refractivity contribution in [2.45, 2.75) is 82.6 Å². The molecule has 8 nitrogen and oxygen atoms in total. The van der Waals surface area contributed by atoms with Crippen LogP contribution in [0.1, 0.15) is 59.3 Å². The van der Waals surface area contributed by atoms with E-state index in [0.717, 1.165) is 6.42 Å². The molecule has 29 heavy (non-hydrogen) atoms. The fourth-order valence-corrected chi connectivity index (χ4v) is 5.75. The van der Waals surface area contributed by atoms with E-state index in [-0.39, 0.29) is 30.4 Å². The van der Waals surface area contributed by atoms with E-state index in [9.17, 15) is 14.4 Å². The van der Waals surface area contributed by atoms with Gasteiger partial charge in [0.05, 0.1) is 17.4 Å². The second-order valence-corrected chi connectivity index (χ2v) is 8.93. The summed E-state index contributed by atoms with van der Waals surface area (Å²) in [4.78, 5) is 41.3. The Bertz CT molecular complexity index is 669. The van der Waals surface area contributed by atoms with E-state index in [1.807, 2.05) is 20.8 Å². The van der Waals surface area contributed by atoms with Crippen LogP contribution in [0.2, 0.25) is 0 Å². The van der Waals surface area contributed by atoms with Crippen molar-refractivity contribution in [2.24, 2.45) is 11.8 Å². The molecule has 3 rings (SSSR count). The largest absolute Gasteiger partial charge is 0.396 e. The maximum absolute atomic E-state index is 13.6. The first-order chi connectivity index (χ1) is 13.8. The Morgan fingerprint density at radius 2 is 1.97 bits per heavy atom. The van der Waals surface area contributed by atoms with Gasteiger partial charge in [0.15, 0.2) is 0 Å². The zero-order valence-electron chi connectivity index (χ0n) is 18.0. The number of aliphatic hydroxyl groups excluding tert-OH is 1. The van der Waals surface area contributed by atoms with Crippen LogP contribution in [0, 0.1) is 11.8 Å². The average molecular weight is 410 g/mol. The topological polar surface area (TPSA) is 108 Å². The number of aliphatic hydroxyl groups is 1. The molecule has 164 valence electrons. The molecule has 3 fully saturated rings. The first kappa shape index (κ1) is 22.0. The van der Waals surface area contributed by atoms with Gasteiger partial charge in [-0.05, 0) is 52.4 Å². The van der Waals surface area contributed by atoms with Crippen LogP contribution in [0.3, 0.4) is 0 Å². The molecule has 8 heteroatoms. The number of rotatable bonds is 9. The molecule has 0 aromatic heterocycles. The molecule has 3 aliphatic heterocycles. The van der Waals surface area contributed by atoms with Gasteiger partial charge < -0.3 is 25.4 Å². The zero-order chi connectivity index (χ0) is 21.4. The van der Waals surface area contributed by atoms with E-state index < -0.39 is 29.1 Å². The summed E-state index contributed by atoms with van der Waals surface area (Å²) >= 11 is 0. The maximum atomic E-state index is 13.6. The van der Waals surface area contributed by atoms with Gasteiger partial charge in [-0.25, -0.2) is 0 Å². The van der Waals surface area contributed by atoms with Gasteiger partial charge in [0.25, 0.3) is 0 Å². The molecule has 0 aliphatic carbocycles. The van der Waals surface area contributed by atoms with E-state index in [1.165, 1.54) is 0 Å². The van der Waals surface area contributed by atoms with E-state index in [2.05, 4.69) is 10.6 Å². The summed E-state index contributed by atoms with van der Waals surface area (Å²) in [5, 5.41) is 14.7. The summed E-state index contributed by atoms with van der Waals surface area (Å²) in [6.07, 6.45) is 4.05. The molecule has 0 aromatic rings. The van der Waals surface area contributed by atoms with Gasteiger partial charge in [-0.1, -0.05) is 6.92 Å². The van der Waals surface area contributed by atoms with Crippen LogP contribution >= 0.6 is 0 Å². The minimum absolute atomic E-state index is 0.0576. The number of fused-ring (bicyclic) bond motifs is 1. The number of likely N-dealkylation sites (tertiary alicyclic amines) is 1. The van der Waals surface area contributed by atoms with Crippen molar-refractivity contribution >= 4 is 17.7 Å². The lowest BCUT2D eigenvalue weighted by Crippen LogP contribution is -2.56. The standard InChI is InChI=1S/C21H35N3O5/c1-5-20-9-10-21(29-20)15(14(20)17(26)22-4)19(28)24(11-7-6-8-12-25)16(21)18(27)23-13(2)3/h13-16,25H,5-12H2,1-4H3,(H,22,26)(H,23,27)/t14-,15-,16?,20+,21?/m0/s1. The predicted octanol–water partition coefficient (Wildman–Crippen LogP) is 0.574. The van der Waals surface area contributed by atoms with Crippen LogP contribution in [0.25, 0.3) is 0 Å². The number of nitrogens with zero attached hydrogens (tertiary/aromatic N) is 1. The Balaban J connectivity index is 1.98. The number of nitrogens with one attached hydrogen (secondary N) is 2. The van der Waals surface area contributed by atoms with Gasteiger partial charge in [0.2, 0.25) is 17.7 Å². The SMILES string of the molecule is CC[C@]12CCC3(O1)C(C(=O)NC(C)C)N(CCCCCO)C(=O)[C@@H]3[C@H]2C(=O)NC. The second kappa shape index (κ2) is 8.22. The number of carbonyl (C=O) groups is 3. The molecule has 5 atom stereocenters. The van der Waals surface area contributed by atoms with Gasteiger partial charge in [-0.15, -0.1) is 0 Å². The van der Waals surface area contributed by atoms with Crippen molar-refractivity contribution in [3.8, 4) is 0 Å². The maximum Gasteiger partial charge on any atom is 0.246 e. The van der Waals surface area contributed by atoms with Crippen molar-refractivity contribution < 1.29 is 24.2 Å². The van der Waals surface area contributed by atoms with Crippen LogP contribution in [0.4, 0.5) is 0 Å². The first-order valence-electron chi connectivity index (χ1n) is 10.9. The smallest absolute Gasteiger partial charge is 0.246 e. The third-order valence-corrected chi connectivity index (χ3v) is 6.95. The monoisotopic (exact) mass is 409 g/mol. The fraction of sp³-hybridized carbons (Fsp3) is 0.857. The molecule has 2 bridgehead atoms. The minimum atomic E-state index is -0.944. The summed E-state index contributed by atoms with van der Waals surface area (Å²) in [7, 11) is 1.58. The van der Waals surface area contributed by atoms with E-state index in [4.69, 9.17) is 9.84 Å². The summed E-state index contributed by atoms with van der Waals surface area (Å²) < 4.78 is 6.58. The molecule has 2 unspecified atom stereocenters. The molecular formula is C21H35N3O5. The average Bonchev–Trinajstić information content (AvgIpc) is 3.28. The van der Waals surface area contributed by atoms with Crippen LogP contribution in [0.15, 0.2) is 0 Å². The zero-order valence-corrected chi connectivity index (χ0v) is 18.0. The highest BCUT2D eigenvalue weighted by molar-refractivity contribution is 5.99. The van der Waals surface area contributed by atoms with E-state index in [1.54, 1.807) is 11.9 Å². The molecule has 0 saturated carbocycles. The van der Waals surface area contributed by atoms with Gasteiger partial charge >= 0.3 is 0 Å². The van der Waals surface area contributed by atoms with Gasteiger partial charge in [0, 0.05) is 26.2 Å². The molecule has 3 amide bonds. The molecule has 1 spiro atoms. The minimum Gasteiger partial charge on any atom is -0.396 e. The molecule has 0 aromatic carbocycles. The van der Waals surface area contributed by atoms with Crippen molar-refractivity contribution in [1.29, 1.82) is 0 Å². The molecular weight excluding hydrogens is 374 g/mol. The van der Waals surface area contributed by atoms with Gasteiger partial charge in [-0.3, -0.25) is 14.4 Å². The normalized spacial score (nSPS) is 35.3. The number of carbonyl (C=O) groups excluding carboxylic acids is 3. The van der Waals surface area contributed by atoms with Crippen LogP contribution < -0.4 is 10.6 Å². The fourth-order valence-electron chi connectivity index (χ4n) is 5.75. The predicted molar refractivity (Wildman–Crippen MR) is 107 cm³/mol. The van der Waals surface area contributed by atoms with Crippen molar-refractivity contribution in [3.63, 3.8) is 0 Å². The quantitative estimate of drug-likeness (QED) is 0.483. The molecule has 3 N–H and O–H groups in total. The highest BCUT2D eigenvalue weighted by atomic mass is 16.5. The van der Waals surface area contributed by atoms with Crippen LogP contribution in [0.5, 0.6) is 0 Å². The number of hydrogen-bond acceptors (Lipinski definition) is 5. The first-order valence-corrected chi connectivity index (χ1v) is 10.9. The van der Waals surface area contributed by atoms with Gasteiger partial charge in [0.1, 0.15) is 11.6 Å². The van der Waals surface area contributed by atoms with Crippen molar-refractivity contribution in [2.75, 3.05) is 20.2 Å². The summed E-state index contributed by atoms with van der Waals surface area (Å²) in [6, 6.07) is -0.780. The molecule has 0 radical (unpaired) electrons. The third kappa shape index (κ3) is 3.34. The Kier molecular flexibility index (Phi) is 6.24. The molecule has 3 aliphatic rings. The molecule has 3 saturated heterocycles. The Labute approximate surface area is 172 Å². The van der Waals surface area contributed by atoms with E-state index >= 15 is 0 Å². The summed E-state index contributed by atoms with van der Waals surface area (Å²) in [5.41, 5.74) is -1.63. The lowest BCUT2D eigenvalue weighted by molar-refractivity contribution is -0.147. The summed E-state index contributed by atoms with van der Waals surface area (Å²) in [6.45, 7) is 6.30. The lowest BCUT2D eigenvalue weighted by atomic mass is 9.65. The lowest BCUT2D eigenvalue weighted by Gasteiger charge is -2.34. The third-order valence-electron chi connectivity index (χ3n) is 6.95. The number of unbranched alkanes of at least 4 members (excludes halogenated alkanes) is 2. The van der Waals surface area contributed by atoms with Gasteiger partial charge in [-0.2, -0.15) is 0 Å². The van der Waals surface area contributed by atoms with Crippen molar-refractivity contribution in [1.82, 2.24) is 15.5 Å². The Morgan fingerprint density at radius 1 is 1.24 bits per heavy atom. The highest BCUT2D eigenvalue weighted by Crippen LogP contribution is 2.64. The van der Waals surface area contributed by atoms with Crippen molar-refractivity contribution in [3.05, 3.63) is 0 Å². The number of ether oxygens (including phenoxy) is 1. The van der Waals surface area contributed by atoms with E-state index in [0.29, 0.717) is 38.6 Å².